The number of nitrogens with zero attached hydrogens (tertiary/aromatic N) is 1. The summed E-state index contributed by atoms with van der Waals surface area (Å²) in [5, 5.41) is 11.4. The number of rotatable bonds is 5. The molecule has 3 rings (SSSR count). The van der Waals surface area contributed by atoms with Gasteiger partial charge in [-0.3, -0.25) is 19.7 Å². The minimum absolute atomic E-state index is 0.0887. The predicted molar refractivity (Wildman–Crippen MR) is 94.5 cm³/mol. The second kappa shape index (κ2) is 7.26. The van der Waals surface area contributed by atoms with Crippen LogP contribution in [0.15, 0.2) is 48.5 Å². The Labute approximate surface area is 155 Å². The first-order valence-corrected chi connectivity index (χ1v) is 8.48. The van der Waals surface area contributed by atoms with E-state index in [-0.39, 0.29) is 6.42 Å². The van der Waals surface area contributed by atoms with Gasteiger partial charge in [-0.25, -0.2) is 4.39 Å². The van der Waals surface area contributed by atoms with Gasteiger partial charge in [-0.2, -0.15) is 0 Å². The zero-order valence-corrected chi connectivity index (χ0v) is 14.7. The van der Waals surface area contributed by atoms with E-state index in [0.29, 0.717) is 17.5 Å². The maximum Gasteiger partial charge on any atom is 0.320 e. The van der Waals surface area contributed by atoms with Crippen LogP contribution in [0.4, 0.5) is 4.39 Å². The van der Waals surface area contributed by atoms with Crippen molar-refractivity contribution in [2.75, 3.05) is 13.7 Å². The molecule has 1 aliphatic rings. The number of nitro groups is 1. The van der Waals surface area contributed by atoms with E-state index in [0.717, 1.165) is 24.8 Å². The van der Waals surface area contributed by atoms with Gasteiger partial charge in [-0.05, 0) is 36.1 Å². The van der Waals surface area contributed by atoms with Gasteiger partial charge in [0.25, 0.3) is 0 Å². The van der Waals surface area contributed by atoms with Crippen LogP contribution in [0.5, 0.6) is 0 Å². The lowest BCUT2D eigenvalue weighted by molar-refractivity contribution is -0.485. The lowest BCUT2D eigenvalue weighted by Gasteiger charge is -2.38. The van der Waals surface area contributed by atoms with Gasteiger partial charge in [0.2, 0.25) is 6.54 Å². The lowest BCUT2D eigenvalue weighted by atomic mass is 9.61. The Hall–Kier alpha value is -3.09. The van der Waals surface area contributed by atoms with Crippen molar-refractivity contribution < 1.29 is 23.6 Å². The Bertz CT molecular complexity index is 896. The monoisotopic (exact) mass is 371 g/mol. The van der Waals surface area contributed by atoms with E-state index in [1.807, 2.05) is 0 Å². The molecule has 0 aromatic heterocycles. The molecule has 2 aromatic carbocycles. The van der Waals surface area contributed by atoms with Crippen LogP contribution >= 0.6 is 0 Å². The fourth-order valence-corrected chi connectivity index (χ4v) is 3.89. The molecular weight excluding hydrogens is 353 g/mol. The summed E-state index contributed by atoms with van der Waals surface area (Å²) in [6.45, 7) is -0.644. The van der Waals surface area contributed by atoms with Crippen LogP contribution in [0.1, 0.15) is 33.8 Å². The third kappa shape index (κ3) is 3.20. The van der Waals surface area contributed by atoms with Crippen LogP contribution in [0.2, 0.25) is 0 Å². The largest absolute Gasteiger partial charge is 0.468 e. The van der Waals surface area contributed by atoms with Crippen molar-refractivity contribution in [3.05, 3.63) is 81.2 Å². The van der Waals surface area contributed by atoms with Crippen molar-refractivity contribution in [2.24, 2.45) is 5.41 Å². The van der Waals surface area contributed by atoms with Gasteiger partial charge in [-0.1, -0.05) is 36.4 Å². The number of fused-ring (bicyclic) bond motifs is 1. The highest BCUT2D eigenvalue weighted by atomic mass is 19.1. The van der Waals surface area contributed by atoms with Crippen molar-refractivity contribution in [2.45, 2.75) is 18.8 Å². The molecule has 0 saturated carbocycles. The molecule has 2 aromatic rings. The van der Waals surface area contributed by atoms with Crippen molar-refractivity contribution >= 4 is 11.8 Å². The van der Waals surface area contributed by atoms with E-state index < -0.39 is 40.4 Å². The summed E-state index contributed by atoms with van der Waals surface area (Å²) in [5.41, 5.74) is -0.217. The van der Waals surface area contributed by atoms with Gasteiger partial charge in [-0.15, -0.1) is 0 Å². The number of Topliss-reactive ketones (excluding diaryl/α,β-unsaturated/α-hetero) is 1. The number of carbonyl (C=O) groups excluding carboxylic acids is 2. The zero-order valence-electron chi connectivity index (χ0n) is 14.7. The lowest BCUT2D eigenvalue weighted by Crippen LogP contribution is -2.50. The summed E-state index contributed by atoms with van der Waals surface area (Å²) in [7, 11) is 1.16. The maximum absolute atomic E-state index is 13.4. The van der Waals surface area contributed by atoms with Gasteiger partial charge in [0.05, 0.1) is 13.0 Å². The van der Waals surface area contributed by atoms with Gasteiger partial charge in [0, 0.05) is 10.5 Å². The summed E-state index contributed by atoms with van der Waals surface area (Å²) in [6, 6.07) is 12.0. The molecule has 0 amide bonds. The molecule has 0 aliphatic heterocycles. The maximum atomic E-state index is 13.4. The number of carbonyl (C=O) groups is 2. The van der Waals surface area contributed by atoms with Gasteiger partial charge >= 0.3 is 5.97 Å². The summed E-state index contributed by atoms with van der Waals surface area (Å²) in [4.78, 5) is 37.0. The molecule has 140 valence electrons. The SMILES string of the molecule is COC(=O)C1(C(C[N+](=O)[O-])c2ccc(F)cc2)CCc2ccccc2C1=O. The topological polar surface area (TPSA) is 86.5 Å². The van der Waals surface area contributed by atoms with Crippen molar-refractivity contribution in [1.29, 1.82) is 0 Å². The molecule has 2 atom stereocenters. The first-order chi connectivity index (χ1) is 12.9. The quantitative estimate of drug-likeness (QED) is 0.349. The molecule has 6 nitrogen and oxygen atoms in total. The van der Waals surface area contributed by atoms with E-state index in [2.05, 4.69) is 0 Å². The number of ether oxygens (including phenoxy) is 1. The van der Waals surface area contributed by atoms with E-state index in [1.165, 1.54) is 12.1 Å². The first kappa shape index (κ1) is 18.7. The molecule has 1 aliphatic carbocycles. The average molecular weight is 371 g/mol. The average Bonchev–Trinajstić information content (AvgIpc) is 2.67. The molecular formula is C20H18FNO5. The molecule has 0 spiro atoms. The van der Waals surface area contributed by atoms with Gasteiger partial charge < -0.3 is 4.74 Å². The Balaban J connectivity index is 2.20. The zero-order chi connectivity index (χ0) is 19.6. The Morgan fingerprint density at radius 1 is 1.26 bits per heavy atom. The third-order valence-electron chi connectivity index (χ3n) is 5.20. The number of esters is 1. The molecule has 2 unspecified atom stereocenters. The van der Waals surface area contributed by atoms with E-state index >= 15 is 0 Å². The van der Waals surface area contributed by atoms with Crippen LogP contribution in [0.25, 0.3) is 0 Å². The minimum Gasteiger partial charge on any atom is -0.468 e. The third-order valence-corrected chi connectivity index (χ3v) is 5.20. The van der Waals surface area contributed by atoms with E-state index in [1.54, 1.807) is 24.3 Å². The van der Waals surface area contributed by atoms with Crippen LogP contribution in [0.3, 0.4) is 0 Å². The highest BCUT2D eigenvalue weighted by molar-refractivity contribution is 6.14. The fraction of sp³-hybridized carbons (Fsp3) is 0.300. The highest BCUT2D eigenvalue weighted by Gasteiger charge is 2.57. The smallest absolute Gasteiger partial charge is 0.320 e. The molecule has 0 heterocycles. The summed E-state index contributed by atoms with van der Waals surface area (Å²) in [5.74, 6) is -2.88. The van der Waals surface area contributed by atoms with Crippen molar-refractivity contribution in [3.8, 4) is 0 Å². The summed E-state index contributed by atoms with van der Waals surface area (Å²) in [6.07, 6.45) is 0.498. The molecule has 0 saturated heterocycles. The Morgan fingerprint density at radius 2 is 1.93 bits per heavy atom. The van der Waals surface area contributed by atoms with Crippen molar-refractivity contribution in [3.63, 3.8) is 0 Å². The van der Waals surface area contributed by atoms with E-state index in [4.69, 9.17) is 4.74 Å². The molecule has 27 heavy (non-hydrogen) atoms. The molecule has 7 heteroatoms. The number of benzene rings is 2. The number of aryl methyl sites for hydroxylation is 1. The Morgan fingerprint density at radius 3 is 2.56 bits per heavy atom. The molecule has 0 N–H and O–H groups in total. The van der Waals surface area contributed by atoms with E-state index in [9.17, 15) is 24.1 Å². The van der Waals surface area contributed by atoms with Crippen LogP contribution in [0, 0.1) is 21.3 Å². The van der Waals surface area contributed by atoms with Gasteiger partial charge in [0.15, 0.2) is 5.78 Å². The predicted octanol–water partition coefficient (Wildman–Crippen LogP) is 3.17. The number of methoxy groups -OCH3 is 1. The second-order valence-electron chi connectivity index (χ2n) is 6.57. The minimum atomic E-state index is -1.73. The van der Waals surface area contributed by atoms with Crippen LogP contribution in [-0.4, -0.2) is 30.3 Å². The number of hydrogen-bond acceptors (Lipinski definition) is 5. The normalized spacial score (nSPS) is 19.9. The summed E-state index contributed by atoms with van der Waals surface area (Å²) >= 11 is 0. The molecule has 0 radical (unpaired) electrons. The standard InChI is InChI=1S/C20H18FNO5/c1-27-19(24)20(11-10-13-4-2-3-5-16(13)18(20)23)17(12-22(25)26)14-6-8-15(21)9-7-14/h2-9,17H,10-12H2,1H3. The molecule has 0 fully saturated rings. The van der Waals surface area contributed by atoms with Crippen LogP contribution in [-0.2, 0) is 16.0 Å². The number of ketones is 1. The highest BCUT2D eigenvalue weighted by Crippen LogP contribution is 2.47. The Kier molecular flexibility index (Phi) is 5.03. The van der Waals surface area contributed by atoms with Crippen LogP contribution < -0.4 is 0 Å². The van der Waals surface area contributed by atoms with Gasteiger partial charge in [0.1, 0.15) is 11.2 Å². The number of halogens is 1. The second-order valence-corrected chi connectivity index (χ2v) is 6.57. The summed E-state index contributed by atoms with van der Waals surface area (Å²) < 4.78 is 18.3. The molecule has 0 bridgehead atoms. The number of hydrogen-bond donors (Lipinski definition) is 0. The van der Waals surface area contributed by atoms with Crippen molar-refractivity contribution in [1.82, 2.24) is 0 Å². The fourth-order valence-electron chi connectivity index (χ4n) is 3.89. The first-order valence-electron chi connectivity index (χ1n) is 8.48.